The third-order valence-electron chi connectivity index (χ3n) is 7.62. The number of esters is 1. The maximum absolute atomic E-state index is 12.4. The summed E-state index contributed by atoms with van der Waals surface area (Å²) in [5.41, 5.74) is 0.00798. The molecule has 0 aromatic carbocycles. The van der Waals surface area contributed by atoms with Crippen molar-refractivity contribution in [1.82, 2.24) is 14.5 Å². The van der Waals surface area contributed by atoms with Gasteiger partial charge in [-0.25, -0.2) is 9.78 Å². The molecule has 43 heavy (non-hydrogen) atoms. The first-order valence-corrected chi connectivity index (χ1v) is 16.4. The van der Waals surface area contributed by atoms with Crippen LogP contribution in [0.3, 0.4) is 0 Å². The molecule has 1 unspecified atom stereocenters. The summed E-state index contributed by atoms with van der Waals surface area (Å²) < 4.78 is 45.3. The number of aliphatic hydroxyl groups excluding tert-OH is 2. The Morgan fingerprint density at radius 1 is 1.21 bits per heavy atom. The average Bonchev–Trinajstić information content (AvgIpc) is 3.67. The van der Waals surface area contributed by atoms with Crippen molar-refractivity contribution in [2.75, 3.05) is 40.1 Å². The molecule has 3 N–H and O–H groups in total. The molecule has 3 heterocycles. The lowest BCUT2D eigenvalue weighted by Crippen LogP contribution is -2.37. The minimum atomic E-state index is -4.34. The van der Waals surface area contributed by atoms with Gasteiger partial charge in [0.25, 0.3) is 0 Å². The number of nitrogens with zero attached hydrogens (tertiary/aromatic N) is 3. The molecule has 0 amide bonds. The number of rotatable bonds is 16. The Morgan fingerprint density at radius 3 is 2.67 bits per heavy atom. The van der Waals surface area contributed by atoms with Gasteiger partial charge < -0.3 is 43.4 Å². The summed E-state index contributed by atoms with van der Waals surface area (Å²) >= 11 is 6.25. The van der Waals surface area contributed by atoms with Crippen molar-refractivity contribution in [3.63, 3.8) is 0 Å². The van der Waals surface area contributed by atoms with Gasteiger partial charge in [-0.2, -0.15) is 4.98 Å². The van der Waals surface area contributed by atoms with Crippen molar-refractivity contribution in [2.45, 2.75) is 82.5 Å². The molecule has 16 heteroatoms. The van der Waals surface area contributed by atoms with Crippen molar-refractivity contribution in [2.24, 2.45) is 5.92 Å². The fraction of sp³-hybridized carbons (Fsp3) is 0.741. The van der Waals surface area contributed by atoms with E-state index in [4.69, 9.17) is 39.8 Å². The van der Waals surface area contributed by atoms with E-state index in [0.29, 0.717) is 24.6 Å². The number of ether oxygens (including phenoxy) is 5. The first kappa shape index (κ1) is 34.2. The van der Waals surface area contributed by atoms with Crippen LogP contribution >= 0.6 is 19.2 Å². The van der Waals surface area contributed by atoms with Crippen molar-refractivity contribution >= 4 is 36.2 Å². The van der Waals surface area contributed by atoms with E-state index in [2.05, 4.69) is 9.97 Å². The van der Waals surface area contributed by atoms with Crippen LogP contribution in [0.15, 0.2) is 12.3 Å². The summed E-state index contributed by atoms with van der Waals surface area (Å²) in [4.78, 5) is 31.1. The number of carbonyl (C=O) groups excluding carboxylic acids is 1. The second-order valence-electron chi connectivity index (χ2n) is 11.3. The predicted molar refractivity (Wildman–Crippen MR) is 153 cm³/mol. The van der Waals surface area contributed by atoms with Gasteiger partial charge in [0.05, 0.1) is 18.9 Å². The number of hydrogen-bond donors (Lipinski definition) is 3. The molecule has 0 spiro atoms. The number of hydrogen-bond acceptors (Lipinski definition) is 12. The number of aliphatic hydroxyl groups is 2. The van der Waals surface area contributed by atoms with Gasteiger partial charge in [-0.1, -0.05) is 25.7 Å². The van der Waals surface area contributed by atoms with Crippen LogP contribution in [0.5, 0.6) is 0 Å². The van der Waals surface area contributed by atoms with Crippen LogP contribution in [-0.2, 0) is 44.0 Å². The predicted octanol–water partition coefficient (Wildman–Crippen LogP) is 2.95. The Morgan fingerprint density at radius 2 is 1.95 bits per heavy atom. The highest BCUT2D eigenvalue weighted by molar-refractivity contribution is 7.52. The lowest BCUT2D eigenvalue weighted by Gasteiger charge is -2.23. The standard InChI is InChI=1S/C27H41ClN3O11P/c1-27(2,40-12-6-11-37-3)25(34)39-15-41-43(35,36)16-38-14-20-21(32)22(33)24(42-20)31-10-9-18-19(13-17-7-4-5-8-17)29-26(28)30-23(18)31/h9-10,17,20-22,24,32-33H,4-8,11-16H2,1-3H3,(H,35,36)/t20-,21-,22-,24-/m1/s1. The molecule has 242 valence electrons. The largest absolute Gasteiger partial charge is 0.436 e. The van der Waals surface area contributed by atoms with Gasteiger partial charge in [0.15, 0.2) is 11.8 Å². The van der Waals surface area contributed by atoms with Crippen molar-refractivity contribution in [1.29, 1.82) is 0 Å². The van der Waals surface area contributed by atoms with Gasteiger partial charge in [-0.3, -0.25) is 9.09 Å². The molecular formula is C27H41ClN3O11P. The molecule has 1 saturated carbocycles. The Balaban J connectivity index is 1.27. The average molecular weight is 650 g/mol. The van der Waals surface area contributed by atoms with Gasteiger partial charge in [0.1, 0.15) is 30.3 Å². The zero-order valence-corrected chi connectivity index (χ0v) is 26.2. The molecule has 1 aliphatic carbocycles. The summed E-state index contributed by atoms with van der Waals surface area (Å²) in [5, 5.41) is 22.3. The topological polar surface area (TPSA) is 181 Å². The first-order chi connectivity index (χ1) is 20.4. The summed E-state index contributed by atoms with van der Waals surface area (Å²) in [7, 11) is -2.78. The molecule has 0 bridgehead atoms. The SMILES string of the molecule is COCCCOC(C)(C)C(=O)OCOP(=O)(O)COC[C@H]1O[C@@H](n2ccc3c(CC4CCCC4)nc(Cl)nc32)[C@H](O)[C@@H]1O. The Hall–Kier alpha value is -1.71. The monoisotopic (exact) mass is 649 g/mol. The molecule has 0 radical (unpaired) electrons. The van der Waals surface area contributed by atoms with Gasteiger partial charge in [-0.15, -0.1) is 0 Å². The van der Waals surface area contributed by atoms with E-state index in [1.54, 1.807) is 17.9 Å². The van der Waals surface area contributed by atoms with Crippen LogP contribution in [0, 0.1) is 5.92 Å². The normalized spacial score (nSPS) is 24.5. The molecule has 2 aliphatic rings. The van der Waals surface area contributed by atoms with E-state index in [9.17, 15) is 24.5 Å². The Labute approximate surface area is 255 Å². The van der Waals surface area contributed by atoms with Crippen molar-refractivity contribution < 1.29 is 52.7 Å². The zero-order valence-electron chi connectivity index (χ0n) is 24.6. The molecule has 2 aromatic heterocycles. The number of halogens is 1. The first-order valence-electron chi connectivity index (χ1n) is 14.3. The van der Waals surface area contributed by atoms with E-state index < -0.39 is 56.8 Å². The third kappa shape index (κ3) is 8.94. The molecule has 2 fully saturated rings. The molecule has 2 aromatic rings. The summed E-state index contributed by atoms with van der Waals surface area (Å²) in [6.07, 6.45) is 2.23. The molecule has 5 atom stereocenters. The van der Waals surface area contributed by atoms with E-state index >= 15 is 0 Å². The van der Waals surface area contributed by atoms with Gasteiger partial charge in [0, 0.05) is 25.3 Å². The van der Waals surface area contributed by atoms with E-state index in [-0.39, 0.29) is 18.5 Å². The Bertz CT molecular complexity index is 1270. The fourth-order valence-electron chi connectivity index (χ4n) is 5.26. The van der Waals surface area contributed by atoms with Gasteiger partial charge in [0.2, 0.25) is 12.1 Å². The second kappa shape index (κ2) is 15.0. The van der Waals surface area contributed by atoms with Crippen molar-refractivity contribution in [3.05, 3.63) is 23.2 Å². The number of carbonyl (C=O) groups is 1. The van der Waals surface area contributed by atoms with Crippen LogP contribution in [0.1, 0.15) is 57.9 Å². The second-order valence-corrected chi connectivity index (χ2v) is 13.5. The molecule has 1 aliphatic heterocycles. The number of aromatic nitrogens is 3. The van der Waals surface area contributed by atoms with Crippen molar-refractivity contribution in [3.8, 4) is 0 Å². The maximum atomic E-state index is 12.4. The molecule has 4 rings (SSSR count). The zero-order chi connectivity index (χ0) is 31.2. The third-order valence-corrected chi connectivity index (χ3v) is 8.81. The lowest BCUT2D eigenvalue weighted by atomic mass is 10.0. The quantitative estimate of drug-likeness (QED) is 0.0794. The van der Waals surface area contributed by atoms with Crippen LogP contribution in [0.25, 0.3) is 11.0 Å². The van der Waals surface area contributed by atoms with Crippen LogP contribution < -0.4 is 0 Å². The van der Waals surface area contributed by atoms with E-state index in [1.807, 2.05) is 6.07 Å². The number of methoxy groups -OCH3 is 1. The minimum Gasteiger partial charge on any atom is -0.436 e. The highest BCUT2D eigenvalue weighted by Gasteiger charge is 2.44. The van der Waals surface area contributed by atoms with E-state index in [1.165, 1.54) is 26.7 Å². The summed E-state index contributed by atoms with van der Waals surface area (Å²) in [5.74, 6) is -0.243. The molecule has 14 nitrogen and oxygen atoms in total. The summed E-state index contributed by atoms with van der Waals surface area (Å²) in [6.45, 7) is 2.62. The molecule has 1 saturated heterocycles. The Kier molecular flexibility index (Phi) is 12.0. The highest BCUT2D eigenvalue weighted by atomic mass is 35.5. The van der Waals surface area contributed by atoms with Crippen LogP contribution in [0.2, 0.25) is 5.28 Å². The minimum absolute atomic E-state index is 0.0795. The maximum Gasteiger partial charge on any atom is 0.356 e. The van der Waals surface area contributed by atoms with Crippen LogP contribution in [0.4, 0.5) is 0 Å². The number of fused-ring (bicyclic) bond motifs is 1. The molecular weight excluding hydrogens is 609 g/mol. The van der Waals surface area contributed by atoms with Gasteiger partial charge >= 0.3 is 13.6 Å². The van der Waals surface area contributed by atoms with Gasteiger partial charge in [-0.05, 0) is 50.3 Å². The fourth-order valence-corrected chi connectivity index (χ4v) is 6.07. The highest BCUT2D eigenvalue weighted by Crippen LogP contribution is 2.42. The summed E-state index contributed by atoms with van der Waals surface area (Å²) in [6, 6.07) is 1.84. The lowest BCUT2D eigenvalue weighted by molar-refractivity contribution is -0.175. The van der Waals surface area contributed by atoms with Crippen LogP contribution in [-0.4, -0.2) is 99.6 Å². The smallest absolute Gasteiger partial charge is 0.356 e. The van der Waals surface area contributed by atoms with E-state index in [0.717, 1.165) is 30.3 Å².